The molecule has 6 heteroatoms. The van der Waals surface area contributed by atoms with Gasteiger partial charge < -0.3 is 15.2 Å². The predicted octanol–water partition coefficient (Wildman–Crippen LogP) is 3.15. The van der Waals surface area contributed by atoms with Crippen molar-refractivity contribution in [3.8, 4) is 40.2 Å². The quantitative estimate of drug-likeness (QED) is 0.798. The van der Waals surface area contributed by atoms with Gasteiger partial charge in [-0.2, -0.15) is 5.26 Å². The van der Waals surface area contributed by atoms with Crippen LogP contribution in [0.4, 0.5) is 5.95 Å². The van der Waals surface area contributed by atoms with Gasteiger partial charge in [-0.15, -0.1) is 0 Å². The van der Waals surface area contributed by atoms with Gasteiger partial charge in [0, 0.05) is 11.1 Å². The number of nitriles is 1. The van der Waals surface area contributed by atoms with Gasteiger partial charge in [-0.25, -0.2) is 9.55 Å². The third-order valence-corrected chi connectivity index (χ3v) is 3.73. The molecule has 0 atom stereocenters. The van der Waals surface area contributed by atoms with E-state index >= 15 is 0 Å². The van der Waals surface area contributed by atoms with Crippen LogP contribution >= 0.6 is 0 Å². The van der Waals surface area contributed by atoms with Crippen LogP contribution in [0.5, 0.6) is 11.5 Å². The highest BCUT2D eigenvalue weighted by atomic mass is 16.5. The van der Waals surface area contributed by atoms with Crippen molar-refractivity contribution < 1.29 is 9.47 Å². The predicted molar refractivity (Wildman–Crippen MR) is 91.6 cm³/mol. The Balaban J connectivity index is 2.17. The molecular weight excluding hydrogens is 304 g/mol. The molecule has 0 saturated heterocycles. The second-order valence-corrected chi connectivity index (χ2v) is 5.06. The zero-order valence-corrected chi connectivity index (χ0v) is 13.4. The fourth-order valence-electron chi connectivity index (χ4n) is 2.50. The van der Waals surface area contributed by atoms with Crippen molar-refractivity contribution in [1.29, 1.82) is 5.26 Å². The summed E-state index contributed by atoms with van der Waals surface area (Å²) in [4.78, 5) is 4.37. The average Bonchev–Trinajstić information content (AvgIpc) is 2.98. The molecule has 2 N–H and O–H groups in total. The molecule has 0 aliphatic carbocycles. The summed E-state index contributed by atoms with van der Waals surface area (Å²) >= 11 is 0. The molecule has 1 aromatic heterocycles. The molecule has 0 amide bonds. The molecule has 3 rings (SSSR count). The summed E-state index contributed by atoms with van der Waals surface area (Å²) in [6, 6.07) is 14.9. The molecule has 0 fully saturated rings. The van der Waals surface area contributed by atoms with E-state index in [0.29, 0.717) is 11.4 Å². The lowest BCUT2D eigenvalue weighted by atomic mass is 10.0. The van der Waals surface area contributed by atoms with Gasteiger partial charge in [0.2, 0.25) is 5.95 Å². The average molecular weight is 320 g/mol. The zero-order chi connectivity index (χ0) is 17.1. The molecule has 0 aliphatic heterocycles. The summed E-state index contributed by atoms with van der Waals surface area (Å²) in [5.74, 6) is 1.63. The minimum absolute atomic E-state index is 0.147. The van der Waals surface area contributed by atoms with Crippen molar-refractivity contribution in [3.05, 3.63) is 48.5 Å². The number of anilines is 1. The Kier molecular flexibility index (Phi) is 4.08. The first-order valence-electron chi connectivity index (χ1n) is 7.25. The first kappa shape index (κ1) is 15.4. The van der Waals surface area contributed by atoms with Gasteiger partial charge in [0.15, 0.2) is 6.19 Å². The normalized spacial score (nSPS) is 10.2. The summed E-state index contributed by atoms with van der Waals surface area (Å²) in [7, 11) is 3.22. The molecule has 0 radical (unpaired) electrons. The number of nitrogen functional groups attached to an aromatic ring is 1. The topological polar surface area (TPSA) is 86.1 Å². The van der Waals surface area contributed by atoms with E-state index in [1.807, 2.05) is 48.5 Å². The number of nitrogens with zero attached hydrogens (tertiary/aromatic N) is 3. The zero-order valence-electron chi connectivity index (χ0n) is 13.4. The number of hydrogen-bond donors (Lipinski definition) is 1. The fourth-order valence-corrected chi connectivity index (χ4v) is 2.50. The highest BCUT2D eigenvalue weighted by Crippen LogP contribution is 2.34. The Morgan fingerprint density at radius 3 is 1.88 bits per heavy atom. The number of methoxy groups -OCH3 is 2. The molecule has 6 nitrogen and oxygen atoms in total. The van der Waals surface area contributed by atoms with Gasteiger partial charge in [0.05, 0.1) is 25.6 Å². The summed E-state index contributed by atoms with van der Waals surface area (Å²) in [6.07, 6.45) is 2.08. The second-order valence-electron chi connectivity index (χ2n) is 5.06. The van der Waals surface area contributed by atoms with Crippen LogP contribution in [0.1, 0.15) is 0 Å². The number of hydrogen-bond acceptors (Lipinski definition) is 5. The SMILES string of the molecule is COc1ccc(-c2nc(N)n(C#N)c2-c2ccc(OC)cc2)cc1. The molecule has 120 valence electrons. The van der Waals surface area contributed by atoms with E-state index < -0.39 is 0 Å². The molecule has 24 heavy (non-hydrogen) atoms. The van der Waals surface area contributed by atoms with Crippen LogP contribution in [0.2, 0.25) is 0 Å². The van der Waals surface area contributed by atoms with Crippen LogP contribution in [-0.4, -0.2) is 23.8 Å². The van der Waals surface area contributed by atoms with Gasteiger partial charge >= 0.3 is 0 Å². The van der Waals surface area contributed by atoms with E-state index in [4.69, 9.17) is 15.2 Å². The van der Waals surface area contributed by atoms with Crippen molar-refractivity contribution in [2.75, 3.05) is 20.0 Å². The number of benzene rings is 2. The maximum atomic E-state index is 9.45. The highest BCUT2D eigenvalue weighted by Gasteiger charge is 2.18. The summed E-state index contributed by atoms with van der Waals surface area (Å²) in [6.45, 7) is 0. The molecule has 0 saturated carbocycles. The van der Waals surface area contributed by atoms with Crippen molar-refractivity contribution >= 4 is 5.95 Å². The Bertz CT molecular complexity index is 891. The van der Waals surface area contributed by atoms with Gasteiger partial charge in [-0.1, -0.05) is 0 Å². The Morgan fingerprint density at radius 2 is 1.42 bits per heavy atom. The lowest BCUT2D eigenvalue weighted by Crippen LogP contribution is -1.98. The third-order valence-electron chi connectivity index (χ3n) is 3.73. The molecule has 1 heterocycles. The number of ether oxygens (including phenoxy) is 2. The van der Waals surface area contributed by atoms with Crippen molar-refractivity contribution in [2.24, 2.45) is 0 Å². The third kappa shape index (κ3) is 2.63. The second kappa shape index (κ2) is 6.34. The van der Waals surface area contributed by atoms with Crippen molar-refractivity contribution in [3.63, 3.8) is 0 Å². The van der Waals surface area contributed by atoms with E-state index in [0.717, 1.165) is 22.6 Å². The van der Waals surface area contributed by atoms with Gasteiger partial charge in [-0.3, -0.25) is 0 Å². The maximum absolute atomic E-state index is 9.45. The summed E-state index contributed by atoms with van der Waals surface area (Å²) in [5.41, 5.74) is 8.88. The number of nitrogens with two attached hydrogens (primary N) is 1. The Hall–Kier alpha value is -3.46. The standard InChI is InChI=1S/C18H16N4O2/c1-23-14-7-3-12(4-8-14)16-17(22(11-19)18(20)21-16)13-5-9-15(24-2)10-6-13/h3-10H,1-2H3,(H2,20,21). The minimum Gasteiger partial charge on any atom is -0.497 e. The van der Waals surface area contributed by atoms with Crippen LogP contribution in [0, 0.1) is 11.5 Å². The lowest BCUT2D eigenvalue weighted by Gasteiger charge is -2.07. The Labute approximate surface area is 139 Å². The van der Waals surface area contributed by atoms with E-state index in [-0.39, 0.29) is 5.95 Å². The van der Waals surface area contributed by atoms with E-state index in [2.05, 4.69) is 11.2 Å². The van der Waals surface area contributed by atoms with Gasteiger partial charge in [0.25, 0.3) is 0 Å². The molecule has 0 aliphatic rings. The van der Waals surface area contributed by atoms with Gasteiger partial charge in [-0.05, 0) is 48.5 Å². The van der Waals surface area contributed by atoms with Crippen LogP contribution in [-0.2, 0) is 0 Å². The van der Waals surface area contributed by atoms with Crippen LogP contribution in [0.25, 0.3) is 22.5 Å². The lowest BCUT2D eigenvalue weighted by molar-refractivity contribution is 0.414. The molecule has 2 aromatic carbocycles. The van der Waals surface area contributed by atoms with E-state index in [9.17, 15) is 5.26 Å². The van der Waals surface area contributed by atoms with E-state index in [1.165, 1.54) is 4.57 Å². The summed E-state index contributed by atoms with van der Waals surface area (Å²) in [5, 5.41) is 9.45. The van der Waals surface area contributed by atoms with Crippen LogP contribution in [0.3, 0.4) is 0 Å². The van der Waals surface area contributed by atoms with E-state index in [1.54, 1.807) is 14.2 Å². The largest absolute Gasteiger partial charge is 0.497 e. The van der Waals surface area contributed by atoms with Crippen molar-refractivity contribution in [2.45, 2.75) is 0 Å². The van der Waals surface area contributed by atoms with Gasteiger partial charge in [0.1, 0.15) is 11.5 Å². The minimum atomic E-state index is 0.147. The van der Waals surface area contributed by atoms with Crippen LogP contribution < -0.4 is 15.2 Å². The molecule has 0 bridgehead atoms. The number of rotatable bonds is 4. The first-order chi connectivity index (χ1) is 11.7. The molecule has 0 unspecified atom stereocenters. The summed E-state index contributed by atoms with van der Waals surface area (Å²) < 4.78 is 11.7. The van der Waals surface area contributed by atoms with Crippen LogP contribution in [0.15, 0.2) is 48.5 Å². The smallest absolute Gasteiger partial charge is 0.215 e. The monoisotopic (exact) mass is 320 g/mol. The molecule has 3 aromatic rings. The number of imidazole rings is 1. The molecule has 0 spiro atoms. The first-order valence-corrected chi connectivity index (χ1v) is 7.25. The maximum Gasteiger partial charge on any atom is 0.215 e. The fraction of sp³-hybridized carbons (Fsp3) is 0.111. The highest BCUT2D eigenvalue weighted by molar-refractivity contribution is 5.81. The van der Waals surface area contributed by atoms with Crippen molar-refractivity contribution in [1.82, 2.24) is 9.55 Å². The number of aromatic nitrogens is 2. The Morgan fingerprint density at radius 1 is 0.917 bits per heavy atom. The molecular formula is C18H16N4O2.